The number of carbonyl (C=O) groups is 1. The maximum Gasteiger partial charge on any atom is 0.317 e. The fourth-order valence-electron chi connectivity index (χ4n) is 2.12. The summed E-state index contributed by atoms with van der Waals surface area (Å²) in [6, 6.07) is 3.59. The molecule has 1 fully saturated rings. The van der Waals surface area contributed by atoms with Gasteiger partial charge in [-0.3, -0.25) is 0 Å². The second-order valence-corrected chi connectivity index (χ2v) is 9.76. The average molecular weight is 426 g/mol. The summed E-state index contributed by atoms with van der Waals surface area (Å²) < 4.78 is 31.8. The summed E-state index contributed by atoms with van der Waals surface area (Å²) in [6.07, 6.45) is 0. The van der Waals surface area contributed by atoms with Crippen molar-refractivity contribution in [1.82, 2.24) is 14.5 Å². The summed E-state index contributed by atoms with van der Waals surface area (Å²) in [5, 5.41) is 2.65. The van der Waals surface area contributed by atoms with Crippen LogP contribution in [0.3, 0.4) is 0 Å². The molecule has 2 amide bonds. The Morgan fingerprint density at radius 2 is 2.13 bits per heavy atom. The summed E-state index contributed by atoms with van der Waals surface area (Å²) in [4.78, 5) is 14.6. The predicted molar refractivity (Wildman–Crippen MR) is 93.1 cm³/mol. The van der Waals surface area contributed by atoms with E-state index in [0.717, 1.165) is 8.66 Å². The van der Waals surface area contributed by atoms with Crippen LogP contribution in [0.25, 0.3) is 0 Å². The van der Waals surface area contributed by atoms with Gasteiger partial charge in [0.2, 0.25) is 10.0 Å². The molecule has 1 aliphatic heterocycles. The maximum atomic E-state index is 12.1. The highest BCUT2D eigenvalue weighted by molar-refractivity contribution is 9.11. The molecule has 1 aromatic rings. The molecule has 0 aromatic carbocycles. The van der Waals surface area contributed by atoms with E-state index in [1.54, 1.807) is 18.4 Å². The van der Waals surface area contributed by atoms with Crippen molar-refractivity contribution in [3.63, 3.8) is 0 Å². The molecular weight excluding hydrogens is 406 g/mol. The number of thiophene rings is 1. The number of urea groups is 1. The van der Waals surface area contributed by atoms with E-state index in [0.29, 0.717) is 32.8 Å². The lowest BCUT2D eigenvalue weighted by molar-refractivity contribution is 0.0730. The van der Waals surface area contributed by atoms with Gasteiger partial charge in [0, 0.05) is 31.6 Å². The number of hydrogen-bond donors (Lipinski definition) is 1. The van der Waals surface area contributed by atoms with Gasteiger partial charge in [0.05, 0.1) is 29.3 Å². The molecule has 130 valence electrons. The van der Waals surface area contributed by atoms with E-state index in [1.165, 1.54) is 9.21 Å². The number of halogens is 1. The van der Waals surface area contributed by atoms with Gasteiger partial charge >= 0.3 is 6.03 Å². The van der Waals surface area contributed by atoms with Gasteiger partial charge in [-0.2, -0.15) is 4.31 Å². The minimum Gasteiger partial charge on any atom is -0.379 e. The Bertz CT molecular complexity index is 629. The van der Waals surface area contributed by atoms with E-state index >= 15 is 0 Å². The highest BCUT2D eigenvalue weighted by Crippen LogP contribution is 2.22. The largest absolute Gasteiger partial charge is 0.379 e. The highest BCUT2D eigenvalue weighted by Gasteiger charge is 2.24. The minimum absolute atomic E-state index is 0.0942. The molecule has 1 N–H and O–H groups in total. The van der Waals surface area contributed by atoms with Crippen LogP contribution in [0.2, 0.25) is 0 Å². The number of nitrogens with one attached hydrogen (secondary N) is 1. The molecule has 1 aromatic heterocycles. The Morgan fingerprint density at radius 1 is 1.43 bits per heavy atom. The predicted octanol–water partition coefficient (Wildman–Crippen LogP) is 1.31. The first-order chi connectivity index (χ1) is 10.9. The van der Waals surface area contributed by atoms with Crippen molar-refractivity contribution in [2.45, 2.75) is 6.54 Å². The molecule has 0 bridgehead atoms. The average Bonchev–Trinajstić information content (AvgIpc) is 2.93. The van der Waals surface area contributed by atoms with Crippen LogP contribution in [0, 0.1) is 0 Å². The molecule has 2 heterocycles. The Balaban J connectivity index is 1.75. The molecular formula is C13H20BrN3O4S2. The maximum absolute atomic E-state index is 12.1. The second kappa shape index (κ2) is 8.43. The smallest absolute Gasteiger partial charge is 0.317 e. The van der Waals surface area contributed by atoms with Crippen LogP contribution in [0.5, 0.6) is 0 Å². The number of rotatable bonds is 6. The number of amides is 2. The molecule has 0 aliphatic carbocycles. The topological polar surface area (TPSA) is 79.0 Å². The zero-order valence-electron chi connectivity index (χ0n) is 12.8. The summed E-state index contributed by atoms with van der Waals surface area (Å²) in [5.41, 5.74) is 0. The summed E-state index contributed by atoms with van der Waals surface area (Å²) in [5.74, 6) is -0.100. The van der Waals surface area contributed by atoms with Crippen molar-refractivity contribution in [3.05, 3.63) is 20.8 Å². The van der Waals surface area contributed by atoms with Gasteiger partial charge in [0.1, 0.15) is 0 Å². The number of hydrogen-bond acceptors (Lipinski definition) is 5. The third-order valence-corrected chi connectivity index (χ3v) is 6.85. The van der Waals surface area contributed by atoms with Gasteiger partial charge in [-0.05, 0) is 28.1 Å². The first-order valence-electron chi connectivity index (χ1n) is 7.17. The molecule has 0 atom stereocenters. The van der Waals surface area contributed by atoms with Crippen LogP contribution in [0.1, 0.15) is 4.88 Å². The molecule has 10 heteroatoms. The molecule has 0 saturated carbocycles. The van der Waals surface area contributed by atoms with Crippen LogP contribution in [-0.2, 0) is 21.3 Å². The first-order valence-corrected chi connectivity index (χ1v) is 10.4. The van der Waals surface area contributed by atoms with Gasteiger partial charge < -0.3 is 15.0 Å². The van der Waals surface area contributed by atoms with E-state index in [2.05, 4.69) is 21.2 Å². The lowest BCUT2D eigenvalue weighted by Gasteiger charge is -2.26. The van der Waals surface area contributed by atoms with Crippen LogP contribution >= 0.6 is 27.3 Å². The molecule has 1 saturated heterocycles. The third kappa shape index (κ3) is 5.71. The lowest BCUT2D eigenvalue weighted by atomic mass is 10.4. The monoisotopic (exact) mass is 425 g/mol. The molecule has 0 radical (unpaired) electrons. The van der Waals surface area contributed by atoms with E-state index < -0.39 is 10.0 Å². The zero-order chi connectivity index (χ0) is 16.9. The number of ether oxygens (including phenoxy) is 1. The Labute approximate surface area is 148 Å². The van der Waals surface area contributed by atoms with Gasteiger partial charge in [-0.15, -0.1) is 11.3 Å². The Hall–Kier alpha value is -0.680. The van der Waals surface area contributed by atoms with Gasteiger partial charge in [-0.1, -0.05) is 0 Å². The molecule has 23 heavy (non-hydrogen) atoms. The van der Waals surface area contributed by atoms with Crippen LogP contribution in [0.15, 0.2) is 15.9 Å². The Kier molecular flexibility index (Phi) is 6.84. The van der Waals surface area contributed by atoms with Gasteiger partial charge in [-0.25, -0.2) is 13.2 Å². The van der Waals surface area contributed by atoms with Crippen molar-refractivity contribution >= 4 is 43.3 Å². The standard InChI is InChI=1S/C13H20BrN3O4S2/c1-16(10-11-2-3-12(14)22-11)13(18)15-4-9-23(19,20)17-5-7-21-8-6-17/h2-3H,4-10H2,1H3,(H,15,18). The molecule has 7 nitrogen and oxygen atoms in total. The highest BCUT2D eigenvalue weighted by atomic mass is 79.9. The SMILES string of the molecule is CN(Cc1ccc(Br)s1)C(=O)NCCS(=O)(=O)N1CCOCC1. The normalized spacial score (nSPS) is 16.3. The fraction of sp³-hybridized carbons (Fsp3) is 0.615. The van der Waals surface area contributed by atoms with Crippen molar-refractivity contribution in [3.8, 4) is 0 Å². The molecule has 1 aliphatic rings. The van der Waals surface area contributed by atoms with E-state index in [1.807, 2.05) is 12.1 Å². The zero-order valence-corrected chi connectivity index (χ0v) is 16.0. The summed E-state index contributed by atoms with van der Waals surface area (Å²) in [7, 11) is -1.66. The van der Waals surface area contributed by atoms with Gasteiger partial charge in [0.15, 0.2) is 0 Å². The van der Waals surface area contributed by atoms with Gasteiger partial charge in [0.25, 0.3) is 0 Å². The van der Waals surface area contributed by atoms with Crippen molar-refractivity contribution in [1.29, 1.82) is 0 Å². The number of nitrogens with zero attached hydrogens (tertiary/aromatic N) is 2. The van der Waals surface area contributed by atoms with Crippen molar-refractivity contribution in [2.24, 2.45) is 0 Å². The molecule has 0 spiro atoms. The first kappa shape index (κ1) is 18.7. The third-order valence-electron chi connectivity index (χ3n) is 3.37. The number of morpholine rings is 1. The van der Waals surface area contributed by atoms with Crippen molar-refractivity contribution in [2.75, 3.05) is 45.6 Å². The number of carbonyl (C=O) groups excluding carboxylic acids is 1. The molecule has 2 rings (SSSR count). The van der Waals surface area contributed by atoms with Crippen molar-refractivity contribution < 1.29 is 17.9 Å². The van der Waals surface area contributed by atoms with E-state index in [4.69, 9.17) is 4.74 Å². The summed E-state index contributed by atoms with van der Waals surface area (Å²) >= 11 is 4.94. The van der Waals surface area contributed by atoms with Crippen LogP contribution < -0.4 is 5.32 Å². The Morgan fingerprint density at radius 3 is 2.74 bits per heavy atom. The van der Waals surface area contributed by atoms with Crippen LogP contribution in [0.4, 0.5) is 4.79 Å². The van der Waals surface area contributed by atoms with E-state index in [9.17, 15) is 13.2 Å². The summed E-state index contributed by atoms with van der Waals surface area (Å²) in [6.45, 7) is 2.18. The lowest BCUT2D eigenvalue weighted by Crippen LogP contribution is -2.45. The quantitative estimate of drug-likeness (QED) is 0.744. The number of sulfonamides is 1. The fourth-order valence-corrected chi connectivity index (χ4v) is 4.98. The minimum atomic E-state index is -3.34. The second-order valence-electron chi connectivity index (χ2n) is 5.12. The van der Waals surface area contributed by atoms with E-state index in [-0.39, 0.29) is 18.3 Å². The molecule has 0 unspecified atom stereocenters. The van der Waals surface area contributed by atoms with Crippen LogP contribution in [-0.4, -0.2) is 69.3 Å².